The summed E-state index contributed by atoms with van der Waals surface area (Å²) in [5.41, 5.74) is 4.50. The van der Waals surface area contributed by atoms with E-state index in [1.54, 1.807) is 6.20 Å². The van der Waals surface area contributed by atoms with Crippen molar-refractivity contribution in [2.45, 2.75) is 25.2 Å². The number of fused-ring (bicyclic) bond motifs is 2. The number of anilines is 1. The smallest absolute Gasteiger partial charge is 0.231 e. The van der Waals surface area contributed by atoms with Crippen molar-refractivity contribution in [3.8, 4) is 17.6 Å². The molecule has 3 heterocycles. The van der Waals surface area contributed by atoms with Crippen LogP contribution < -0.4 is 14.8 Å². The van der Waals surface area contributed by atoms with Gasteiger partial charge in [-0.1, -0.05) is 24.3 Å². The lowest BCUT2D eigenvalue weighted by Gasteiger charge is -2.38. The number of para-hydroxylation sites is 1. The standard InChI is InChI=1S/C24H23N3O3/c1-16-3-2-4-19-22(16)26-13-17(12-25)23(19)27-14-24(7-9-28-10-8-24)18-5-6-20-21(11-18)30-15-29-20/h2-6,11,13H,7-10,14-15H2,1H3,(H,26,27). The highest BCUT2D eigenvalue weighted by Crippen LogP contribution is 2.41. The van der Waals surface area contributed by atoms with E-state index in [9.17, 15) is 5.26 Å². The third-order valence-electron chi connectivity index (χ3n) is 6.26. The molecule has 0 spiro atoms. The molecule has 6 heteroatoms. The first-order valence-corrected chi connectivity index (χ1v) is 10.2. The lowest BCUT2D eigenvalue weighted by molar-refractivity contribution is 0.0543. The Kier molecular flexibility index (Phi) is 4.68. The molecule has 152 valence electrons. The molecule has 1 N–H and O–H groups in total. The SMILES string of the molecule is Cc1cccc2c(NCC3(c4ccc5c(c4)OCO5)CCOCC3)c(C#N)cnc12. The van der Waals surface area contributed by atoms with Crippen LogP contribution in [0.15, 0.2) is 42.6 Å². The zero-order valence-electron chi connectivity index (χ0n) is 16.9. The minimum atomic E-state index is -0.120. The van der Waals surface area contributed by atoms with Crippen molar-refractivity contribution in [3.05, 3.63) is 59.3 Å². The van der Waals surface area contributed by atoms with Gasteiger partial charge in [0.05, 0.1) is 16.8 Å². The first-order chi connectivity index (χ1) is 14.7. The van der Waals surface area contributed by atoms with Crippen molar-refractivity contribution in [1.82, 2.24) is 4.98 Å². The summed E-state index contributed by atoms with van der Waals surface area (Å²) in [6.45, 7) is 4.41. The van der Waals surface area contributed by atoms with Gasteiger partial charge in [0, 0.05) is 36.8 Å². The quantitative estimate of drug-likeness (QED) is 0.702. The number of rotatable bonds is 4. The molecule has 2 aliphatic heterocycles. The first-order valence-electron chi connectivity index (χ1n) is 10.2. The van der Waals surface area contributed by atoms with Gasteiger partial charge in [0.2, 0.25) is 6.79 Å². The number of nitrogens with one attached hydrogen (secondary N) is 1. The predicted octanol–water partition coefficient (Wildman–Crippen LogP) is 4.30. The molecule has 0 unspecified atom stereocenters. The van der Waals surface area contributed by atoms with Crippen LogP contribution in [0.25, 0.3) is 10.9 Å². The fourth-order valence-corrected chi connectivity index (χ4v) is 4.46. The monoisotopic (exact) mass is 401 g/mol. The van der Waals surface area contributed by atoms with Gasteiger partial charge in [0.15, 0.2) is 11.5 Å². The van der Waals surface area contributed by atoms with Crippen molar-refractivity contribution in [2.24, 2.45) is 0 Å². The molecule has 2 aliphatic rings. The Morgan fingerprint density at radius 2 is 1.97 bits per heavy atom. The van der Waals surface area contributed by atoms with Crippen molar-refractivity contribution in [2.75, 3.05) is 31.9 Å². The Labute approximate surface area is 175 Å². The van der Waals surface area contributed by atoms with Crippen LogP contribution in [0.1, 0.15) is 29.5 Å². The lowest BCUT2D eigenvalue weighted by atomic mass is 9.74. The molecule has 0 atom stereocenters. The lowest BCUT2D eigenvalue weighted by Crippen LogP contribution is -2.40. The van der Waals surface area contributed by atoms with E-state index in [4.69, 9.17) is 14.2 Å². The Bertz CT molecular complexity index is 1150. The molecule has 5 rings (SSSR count). The number of aryl methyl sites for hydroxylation is 1. The molecule has 3 aromatic rings. The molecule has 1 saturated heterocycles. The van der Waals surface area contributed by atoms with Crippen LogP contribution in [0.3, 0.4) is 0 Å². The molecular weight excluding hydrogens is 378 g/mol. The first kappa shape index (κ1) is 18.7. The zero-order chi connectivity index (χ0) is 20.6. The third-order valence-corrected chi connectivity index (χ3v) is 6.26. The van der Waals surface area contributed by atoms with Gasteiger partial charge in [-0.25, -0.2) is 0 Å². The second-order valence-corrected chi connectivity index (χ2v) is 7.94. The number of aromatic nitrogens is 1. The van der Waals surface area contributed by atoms with E-state index in [0.717, 1.165) is 46.5 Å². The van der Waals surface area contributed by atoms with Crippen LogP contribution in [0.5, 0.6) is 11.5 Å². The normalized spacial score (nSPS) is 16.9. The van der Waals surface area contributed by atoms with Gasteiger partial charge in [0.25, 0.3) is 0 Å². The van der Waals surface area contributed by atoms with Gasteiger partial charge in [-0.15, -0.1) is 0 Å². The van der Waals surface area contributed by atoms with Gasteiger partial charge in [0.1, 0.15) is 6.07 Å². The molecule has 30 heavy (non-hydrogen) atoms. The highest BCUT2D eigenvalue weighted by molar-refractivity contribution is 5.95. The van der Waals surface area contributed by atoms with Gasteiger partial charge < -0.3 is 19.5 Å². The van der Waals surface area contributed by atoms with E-state index in [-0.39, 0.29) is 12.2 Å². The Balaban J connectivity index is 1.53. The van der Waals surface area contributed by atoms with Crippen molar-refractivity contribution in [1.29, 1.82) is 5.26 Å². The molecule has 0 aliphatic carbocycles. The highest BCUT2D eigenvalue weighted by atomic mass is 16.7. The van der Waals surface area contributed by atoms with E-state index < -0.39 is 0 Å². The number of hydrogen-bond acceptors (Lipinski definition) is 6. The summed E-state index contributed by atoms with van der Waals surface area (Å²) in [6, 6.07) is 14.6. The summed E-state index contributed by atoms with van der Waals surface area (Å²) in [7, 11) is 0. The number of nitrogens with zero attached hydrogens (tertiary/aromatic N) is 2. The van der Waals surface area contributed by atoms with Crippen LogP contribution in [0, 0.1) is 18.3 Å². The molecule has 2 aromatic carbocycles. The third kappa shape index (κ3) is 3.12. The summed E-state index contributed by atoms with van der Waals surface area (Å²) in [5.74, 6) is 1.58. The summed E-state index contributed by atoms with van der Waals surface area (Å²) < 4.78 is 16.8. The molecular formula is C24H23N3O3. The maximum absolute atomic E-state index is 9.69. The molecule has 0 radical (unpaired) electrons. The van der Waals surface area contributed by atoms with E-state index >= 15 is 0 Å². The molecule has 0 amide bonds. The summed E-state index contributed by atoms with van der Waals surface area (Å²) >= 11 is 0. The van der Waals surface area contributed by atoms with E-state index in [2.05, 4.69) is 28.5 Å². The van der Waals surface area contributed by atoms with Crippen molar-refractivity contribution in [3.63, 3.8) is 0 Å². The topological polar surface area (TPSA) is 76.4 Å². The summed E-state index contributed by atoms with van der Waals surface area (Å²) in [4.78, 5) is 4.51. The van der Waals surface area contributed by atoms with Crippen LogP contribution in [-0.4, -0.2) is 31.5 Å². The van der Waals surface area contributed by atoms with Crippen molar-refractivity contribution >= 4 is 16.6 Å². The number of ether oxygens (including phenoxy) is 3. The molecule has 0 bridgehead atoms. The van der Waals surface area contributed by atoms with E-state index in [1.807, 2.05) is 31.2 Å². The Morgan fingerprint density at radius 1 is 1.13 bits per heavy atom. The highest BCUT2D eigenvalue weighted by Gasteiger charge is 2.36. The second-order valence-electron chi connectivity index (χ2n) is 7.94. The Morgan fingerprint density at radius 3 is 2.80 bits per heavy atom. The van der Waals surface area contributed by atoms with E-state index in [1.165, 1.54) is 5.56 Å². The fraction of sp³-hybridized carbons (Fsp3) is 0.333. The number of pyridine rings is 1. The average molecular weight is 401 g/mol. The van der Waals surface area contributed by atoms with E-state index in [0.29, 0.717) is 25.3 Å². The fourth-order valence-electron chi connectivity index (χ4n) is 4.46. The maximum Gasteiger partial charge on any atom is 0.231 e. The number of hydrogen-bond donors (Lipinski definition) is 1. The second kappa shape index (κ2) is 7.51. The predicted molar refractivity (Wildman–Crippen MR) is 114 cm³/mol. The van der Waals surface area contributed by atoms with Crippen LogP contribution >= 0.6 is 0 Å². The van der Waals surface area contributed by atoms with Gasteiger partial charge >= 0.3 is 0 Å². The van der Waals surface area contributed by atoms with Crippen LogP contribution in [0.4, 0.5) is 5.69 Å². The van der Waals surface area contributed by atoms with Crippen molar-refractivity contribution < 1.29 is 14.2 Å². The summed E-state index contributed by atoms with van der Waals surface area (Å²) in [5, 5.41) is 14.3. The minimum Gasteiger partial charge on any atom is -0.454 e. The zero-order valence-corrected chi connectivity index (χ0v) is 16.9. The number of nitriles is 1. The largest absolute Gasteiger partial charge is 0.454 e. The maximum atomic E-state index is 9.69. The summed E-state index contributed by atoms with van der Waals surface area (Å²) in [6.07, 6.45) is 3.45. The molecule has 1 aromatic heterocycles. The molecule has 0 saturated carbocycles. The Hall–Kier alpha value is -3.30. The van der Waals surface area contributed by atoms with Gasteiger partial charge in [-0.2, -0.15) is 5.26 Å². The molecule has 6 nitrogen and oxygen atoms in total. The minimum absolute atomic E-state index is 0.120. The van der Waals surface area contributed by atoms with Crippen LogP contribution in [-0.2, 0) is 10.2 Å². The number of benzene rings is 2. The van der Waals surface area contributed by atoms with Gasteiger partial charge in [-0.3, -0.25) is 4.98 Å². The average Bonchev–Trinajstić information content (AvgIpc) is 3.26. The van der Waals surface area contributed by atoms with Crippen LogP contribution in [0.2, 0.25) is 0 Å². The molecule has 1 fully saturated rings. The van der Waals surface area contributed by atoms with Gasteiger partial charge in [-0.05, 0) is 43.0 Å².